The molecule has 42 heavy (non-hydrogen) atoms. The summed E-state index contributed by atoms with van der Waals surface area (Å²) in [6.07, 6.45) is -5.29. The minimum absolute atomic E-state index is 0.0522. The number of nitrogens with zero attached hydrogens (tertiary/aromatic N) is 1. The summed E-state index contributed by atoms with van der Waals surface area (Å²) in [6, 6.07) is 15.8. The van der Waals surface area contributed by atoms with Crippen molar-refractivity contribution in [3.05, 3.63) is 117 Å². The largest absolute Gasteiger partial charge is 0.497 e. The number of ether oxygens (including phenoxy) is 1. The summed E-state index contributed by atoms with van der Waals surface area (Å²) >= 11 is 1.22. The van der Waals surface area contributed by atoms with Crippen LogP contribution >= 0.6 is 11.8 Å². The normalized spacial score (nSPS) is 14.1. The second-order valence-corrected chi connectivity index (χ2v) is 10.5. The van der Waals surface area contributed by atoms with E-state index in [1.165, 1.54) is 42.7 Å². The Morgan fingerprint density at radius 1 is 0.976 bits per heavy atom. The van der Waals surface area contributed by atoms with Crippen LogP contribution in [0.15, 0.2) is 76.6 Å². The maximum atomic E-state index is 15.4. The highest BCUT2D eigenvalue weighted by atomic mass is 32.2. The fourth-order valence-corrected chi connectivity index (χ4v) is 6.38. The number of methoxy groups -OCH3 is 1. The standard InChI is InChI=1S/C31H25F5N2O3S/c1-17-21(15-22-23(31(34,35)36)10-7-11-24(22)32)30-38(29(39)27(17)20-13-12-19(40-2)14-25(20)33)26(16-42-30)28(37-41-3)18-8-5-4-6-9-18/h4-14,37H,15-16H2,1-3H3. The van der Waals surface area contributed by atoms with Gasteiger partial charge in [0.2, 0.25) is 0 Å². The molecular weight excluding hydrogens is 575 g/mol. The summed E-state index contributed by atoms with van der Waals surface area (Å²) in [5.74, 6) is -1.32. The van der Waals surface area contributed by atoms with E-state index in [4.69, 9.17) is 9.57 Å². The number of hydrogen-bond acceptors (Lipinski definition) is 5. The number of aromatic nitrogens is 1. The van der Waals surface area contributed by atoms with Crippen LogP contribution in [0.2, 0.25) is 0 Å². The average Bonchev–Trinajstić information content (AvgIpc) is 3.40. The molecule has 1 aromatic heterocycles. The number of hydrogen-bond donors (Lipinski definition) is 1. The van der Waals surface area contributed by atoms with Gasteiger partial charge in [0.25, 0.3) is 5.56 Å². The average molecular weight is 601 g/mol. The first-order chi connectivity index (χ1) is 20.1. The molecule has 3 aromatic carbocycles. The SMILES string of the molecule is CONC(=C1CSc2c(Cc3c(F)cccc3C(F)(F)F)c(C)c(-c3ccc(OC)cc3F)c(=O)n21)c1ccccc1. The first kappa shape index (κ1) is 29.4. The Balaban J connectivity index is 1.85. The number of fused-ring (bicyclic) bond motifs is 1. The first-order valence-electron chi connectivity index (χ1n) is 12.7. The minimum atomic E-state index is -4.81. The molecule has 4 aromatic rings. The molecule has 0 saturated carbocycles. The lowest BCUT2D eigenvalue weighted by atomic mass is 9.92. The molecule has 0 fully saturated rings. The van der Waals surface area contributed by atoms with E-state index < -0.39 is 40.9 Å². The maximum absolute atomic E-state index is 15.4. The fraction of sp³-hybridized carbons (Fsp3) is 0.194. The van der Waals surface area contributed by atoms with Gasteiger partial charge in [-0.05, 0) is 42.3 Å². The zero-order valence-corrected chi connectivity index (χ0v) is 23.6. The Labute approximate surface area is 242 Å². The van der Waals surface area contributed by atoms with Gasteiger partial charge in [0.05, 0.1) is 41.8 Å². The zero-order valence-electron chi connectivity index (χ0n) is 22.7. The topological polar surface area (TPSA) is 52.5 Å². The lowest BCUT2D eigenvalue weighted by Gasteiger charge is -2.21. The summed E-state index contributed by atoms with van der Waals surface area (Å²) in [7, 11) is 2.78. The van der Waals surface area contributed by atoms with Gasteiger partial charge in [0.15, 0.2) is 0 Å². The van der Waals surface area contributed by atoms with E-state index in [1.807, 2.05) is 6.07 Å². The first-order valence-corrected chi connectivity index (χ1v) is 13.7. The van der Waals surface area contributed by atoms with Crippen molar-refractivity contribution in [1.29, 1.82) is 0 Å². The number of alkyl halides is 3. The second-order valence-electron chi connectivity index (χ2n) is 9.49. The van der Waals surface area contributed by atoms with Crippen LogP contribution in [-0.2, 0) is 17.4 Å². The van der Waals surface area contributed by atoms with E-state index in [9.17, 15) is 18.0 Å². The Kier molecular flexibility index (Phi) is 8.16. The minimum Gasteiger partial charge on any atom is -0.497 e. The predicted octanol–water partition coefficient (Wildman–Crippen LogP) is 7.30. The van der Waals surface area contributed by atoms with Gasteiger partial charge in [-0.2, -0.15) is 13.2 Å². The summed E-state index contributed by atoms with van der Waals surface area (Å²) in [4.78, 5) is 19.5. The third-order valence-electron chi connectivity index (χ3n) is 7.10. The van der Waals surface area contributed by atoms with Crippen molar-refractivity contribution in [3.8, 4) is 16.9 Å². The molecule has 0 unspecified atom stereocenters. The molecule has 218 valence electrons. The molecule has 0 saturated heterocycles. The van der Waals surface area contributed by atoms with Gasteiger partial charge in [-0.25, -0.2) is 8.78 Å². The summed E-state index contributed by atoms with van der Waals surface area (Å²) in [5, 5.41) is 0.341. The third kappa shape index (κ3) is 5.30. The molecule has 5 nitrogen and oxygen atoms in total. The van der Waals surface area contributed by atoms with Crippen molar-refractivity contribution in [2.75, 3.05) is 20.0 Å². The van der Waals surface area contributed by atoms with Gasteiger partial charge in [-0.3, -0.25) is 19.7 Å². The molecule has 1 N–H and O–H groups in total. The highest BCUT2D eigenvalue weighted by molar-refractivity contribution is 8.00. The number of hydroxylamine groups is 1. The van der Waals surface area contributed by atoms with E-state index in [1.54, 1.807) is 31.2 Å². The lowest BCUT2D eigenvalue weighted by Crippen LogP contribution is -2.26. The van der Waals surface area contributed by atoms with Crippen molar-refractivity contribution >= 4 is 23.2 Å². The van der Waals surface area contributed by atoms with Gasteiger partial charge < -0.3 is 4.74 Å². The van der Waals surface area contributed by atoms with Crippen molar-refractivity contribution in [2.45, 2.75) is 24.5 Å². The number of halogens is 5. The summed E-state index contributed by atoms with van der Waals surface area (Å²) in [5.41, 5.74) is 2.57. The van der Waals surface area contributed by atoms with Crippen LogP contribution in [0, 0.1) is 18.6 Å². The lowest BCUT2D eigenvalue weighted by molar-refractivity contribution is -0.138. The summed E-state index contributed by atoms with van der Waals surface area (Å²) in [6.45, 7) is 1.54. The molecule has 0 atom stereocenters. The van der Waals surface area contributed by atoms with Gasteiger partial charge >= 0.3 is 6.18 Å². The molecule has 0 bridgehead atoms. The number of nitrogens with one attached hydrogen (secondary N) is 1. The second kappa shape index (κ2) is 11.7. The molecule has 2 heterocycles. The van der Waals surface area contributed by atoms with E-state index in [0.29, 0.717) is 22.0 Å². The van der Waals surface area contributed by atoms with E-state index in [0.717, 1.165) is 24.3 Å². The quantitative estimate of drug-likeness (QED) is 0.178. The molecule has 0 amide bonds. The molecule has 1 aliphatic heterocycles. The zero-order chi connectivity index (χ0) is 30.2. The van der Waals surface area contributed by atoms with Gasteiger partial charge in [-0.1, -0.05) is 36.4 Å². The van der Waals surface area contributed by atoms with Crippen molar-refractivity contribution < 1.29 is 31.5 Å². The Hall–Kier alpha value is -4.09. The number of benzene rings is 3. The predicted molar refractivity (Wildman–Crippen MR) is 152 cm³/mol. The Morgan fingerprint density at radius 2 is 1.71 bits per heavy atom. The fourth-order valence-electron chi connectivity index (χ4n) is 5.12. The highest BCUT2D eigenvalue weighted by Gasteiger charge is 2.36. The third-order valence-corrected chi connectivity index (χ3v) is 8.22. The maximum Gasteiger partial charge on any atom is 0.416 e. The number of pyridine rings is 1. The van der Waals surface area contributed by atoms with E-state index in [2.05, 4.69) is 5.48 Å². The van der Waals surface area contributed by atoms with Crippen LogP contribution in [0.5, 0.6) is 5.75 Å². The Bertz CT molecular complexity index is 1750. The van der Waals surface area contributed by atoms with Crippen LogP contribution in [0.3, 0.4) is 0 Å². The molecule has 1 aliphatic rings. The summed E-state index contributed by atoms with van der Waals surface area (Å²) < 4.78 is 78.8. The molecule has 0 radical (unpaired) electrons. The van der Waals surface area contributed by atoms with Gasteiger partial charge in [0.1, 0.15) is 17.4 Å². The van der Waals surface area contributed by atoms with Gasteiger partial charge in [-0.15, -0.1) is 11.8 Å². The van der Waals surface area contributed by atoms with Crippen molar-refractivity contribution in [2.24, 2.45) is 0 Å². The van der Waals surface area contributed by atoms with Crippen LogP contribution in [-0.4, -0.2) is 24.5 Å². The van der Waals surface area contributed by atoms with Gasteiger partial charge in [0, 0.05) is 34.9 Å². The van der Waals surface area contributed by atoms with Crippen LogP contribution in [0.25, 0.3) is 22.5 Å². The number of thioether (sulfide) groups is 1. The van der Waals surface area contributed by atoms with Crippen LogP contribution in [0.4, 0.5) is 22.0 Å². The number of rotatable bonds is 7. The molecule has 0 aliphatic carbocycles. The monoisotopic (exact) mass is 600 g/mol. The molecule has 0 spiro atoms. The van der Waals surface area contributed by atoms with E-state index >= 15 is 8.78 Å². The van der Waals surface area contributed by atoms with Crippen LogP contribution in [0.1, 0.15) is 27.8 Å². The molecule has 11 heteroatoms. The van der Waals surface area contributed by atoms with Crippen LogP contribution < -0.4 is 15.8 Å². The van der Waals surface area contributed by atoms with E-state index in [-0.39, 0.29) is 33.8 Å². The van der Waals surface area contributed by atoms with Crippen molar-refractivity contribution in [3.63, 3.8) is 0 Å². The molecular formula is C31H25F5N2O3S. The van der Waals surface area contributed by atoms with Crippen molar-refractivity contribution in [1.82, 2.24) is 10.0 Å². The smallest absolute Gasteiger partial charge is 0.416 e. The highest BCUT2D eigenvalue weighted by Crippen LogP contribution is 2.43. The Morgan fingerprint density at radius 3 is 2.36 bits per heavy atom. The molecule has 5 rings (SSSR count).